The number of hydrogen-bond donors (Lipinski definition) is 0. The number of rotatable bonds is 4. The van der Waals surface area contributed by atoms with Gasteiger partial charge in [0.1, 0.15) is 6.26 Å². The van der Waals surface area contributed by atoms with Crippen LogP contribution in [0.4, 0.5) is 39.5 Å². The Labute approximate surface area is 129 Å². The van der Waals surface area contributed by atoms with Crippen molar-refractivity contribution in [2.75, 3.05) is 21.2 Å². The zero-order chi connectivity index (χ0) is 19.5. The van der Waals surface area contributed by atoms with Crippen LogP contribution in [0.15, 0.2) is 23.3 Å². The van der Waals surface area contributed by atoms with Crippen LogP contribution < -0.4 is 0 Å². The van der Waals surface area contributed by atoms with Gasteiger partial charge in [0.2, 0.25) is 11.5 Å². The Bertz CT molecular complexity index is 510. The molecule has 0 radical (unpaired) electrons. The fourth-order valence-electron chi connectivity index (χ4n) is 1.30. The smallest absolute Gasteiger partial charge is 0.428 e. The molecule has 0 atom stereocenters. The summed E-state index contributed by atoms with van der Waals surface area (Å²) < 4.78 is 119. The van der Waals surface area contributed by atoms with E-state index < -0.39 is 47.8 Å². The van der Waals surface area contributed by atoms with E-state index in [1.165, 1.54) is 0 Å². The van der Waals surface area contributed by atoms with Crippen LogP contribution in [-0.4, -0.2) is 50.6 Å². The molecule has 0 heterocycles. The van der Waals surface area contributed by atoms with Crippen molar-refractivity contribution in [2.45, 2.75) is 18.5 Å². The van der Waals surface area contributed by atoms with Crippen molar-refractivity contribution in [3.63, 3.8) is 0 Å². The number of nitrogens with zero attached hydrogens (tertiary/aromatic N) is 1. The summed E-state index contributed by atoms with van der Waals surface area (Å²) in [7, 11) is 2.69. The van der Waals surface area contributed by atoms with Crippen LogP contribution >= 0.6 is 0 Å². The van der Waals surface area contributed by atoms with E-state index in [-0.39, 0.29) is 0 Å². The molecule has 0 saturated carbocycles. The summed E-state index contributed by atoms with van der Waals surface area (Å²) in [5.74, 6) is -3.67. The maximum absolute atomic E-state index is 12.8. The molecule has 24 heavy (non-hydrogen) atoms. The maximum atomic E-state index is 12.8. The second-order valence-electron chi connectivity index (χ2n) is 4.21. The minimum absolute atomic E-state index is 0.627. The van der Waals surface area contributed by atoms with Crippen molar-refractivity contribution in [2.24, 2.45) is 0 Å². The van der Waals surface area contributed by atoms with E-state index in [0.717, 1.165) is 14.1 Å². The highest BCUT2D eigenvalue weighted by atomic mass is 19.4. The van der Waals surface area contributed by atoms with Crippen molar-refractivity contribution >= 4 is 5.97 Å². The minimum atomic E-state index is -5.99. The lowest BCUT2D eigenvalue weighted by Crippen LogP contribution is -2.30. The molecule has 0 N–H and O–H groups in total. The molecule has 0 aliphatic carbocycles. The molecule has 13 heteroatoms. The summed E-state index contributed by atoms with van der Waals surface area (Å²) in [4.78, 5) is 12.0. The van der Waals surface area contributed by atoms with Gasteiger partial charge in [-0.3, -0.25) is 0 Å². The van der Waals surface area contributed by atoms with Gasteiger partial charge in [-0.2, -0.15) is 39.5 Å². The summed E-state index contributed by atoms with van der Waals surface area (Å²) in [5.41, 5.74) is -5.50. The number of carbonyl (C=O) groups excluding carboxylic acids is 1. The number of hydrogen-bond acceptors (Lipinski definition) is 4. The van der Waals surface area contributed by atoms with Crippen LogP contribution in [0.3, 0.4) is 0 Å². The molecule has 4 nitrogen and oxygen atoms in total. The average molecular weight is 375 g/mol. The van der Waals surface area contributed by atoms with Gasteiger partial charge in [-0.15, -0.1) is 0 Å². The van der Waals surface area contributed by atoms with Gasteiger partial charge in [-0.25, -0.2) is 4.79 Å². The van der Waals surface area contributed by atoms with Crippen LogP contribution in [0, 0.1) is 0 Å². The van der Waals surface area contributed by atoms with Crippen molar-refractivity contribution in [1.29, 1.82) is 0 Å². The maximum Gasteiger partial charge on any atom is 0.428 e. The highest BCUT2D eigenvalue weighted by molar-refractivity contribution is 5.90. The first-order chi connectivity index (χ1) is 10.5. The third-order valence-corrected chi connectivity index (χ3v) is 2.20. The Morgan fingerprint density at radius 2 is 1.29 bits per heavy atom. The third kappa shape index (κ3) is 5.85. The van der Waals surface area contributed by atoms with Crippen LogP contribution in [0.2, 0.25) is 0 Å². The third-order valence-electron chi connectivity index (χ3n) is 2.20. The fourth-order valence-corrected chi connectivity index (χ4v) is 1.30. The van der Waals surface area contributed by atoms with Gasteiger partial charge in [0.15, 0.2) is 5.57 Å². The van der Waals surface area contributed by atoms with Crippen molar-refractivity contribution < 1.29 is 53.8 Å². The number of allylic oxidation sites excluding steroid dienone is 1. The molecule has 0 fully saturated rings. The van der Waals surface area contributed by atoms with Gasteiger partial charge < -0.3 is 14.4 Å². The van der Waals surface area contributed by atoms with E-state index in [1.54, 1.807) is 0 Å². The van der Waals surface area contributed by atoms with Gasteiger partial charge in [0.05, 0.1) is 7.11 Å². The lowest BCUT2D eigenvalue weighted by Gasteiger charge is -2.21. The molecule has 0 unspecified atom stereocenters. The second-order valence-corrected chi connectivity index (χ2v) is 4.21. The SMILES string of the molecule is CO/C(=C(\C(=O)OC=C(C(F)(F)F)C(F)(F)F)C(F)(F)F)N(C)C. The monoisotopic (exact) mass is 375 g/mol. The predicted molar refractivity (Wildman–Crippen MR) is 60.1 cm³/mol. The molecule has 0 aromatic heterocycles. The molecule has 0 spiro atoms. The Hall–Kier alpha value is -2.08. The highest BCUT2D eigenvalue weighted by Gasteiger charge is 2.52. The number of carbonyl (C=O) groups is 1. The molecular weight excluding hydrogens is 365 g/mol. The first-order valence-corrected chi connectivity index (χ1v) is 5.61. The zero-order valence-corrected chi connectivity index (χ0v) is 12.2. The summed E-state index contributed by atoms with van der Waals surface area (Å²) in [6, 6.07) is 0. The van der Waals surface area contributed by atoms with Crippen LogP contribution in [-0.2, 0) is 14.3 Å². The first-order valence-electron chi connectivity index (χ1n) is 5.61. The van der Waals surface area contributed by atoms with E-state index in [4.69, 9.17) is 0 Å². The summed E-state index contributed by atoms with van der Waals surface area (Å²) >= 11 is 0. The summed E-state index contributed by atoms with van der Waals surface area (Å²) in [6.07, 6.45) is -18.6. The van der Waals surface area contributed by atoms with E-state index in [9.17, 15) is 44.3 Å². The summed E-state index contributed by atoms with van der Waals surface area (Å²) in [5, 5.41) is 0. The molecule has 0 rings (SSSR count). The largest absolute Gasteiger partial charge is 0.482 e. The number of ether oxygens (including phenoxy) is 2. The van der Waals surface area contributed by atoms with Gasteiger partial charge in [0.25, 0.3) is 0 Å². The van der Waals surface area contributed by atoms with Crippen LogP contribution in [0.1, 0.15) is 0 Å². The highest BCUT2D eigenvalue weighted by Crippen LogP contribution is 2.39. The van der Waals surface area contributed by atoms with Crippen molar-refractivity contribution in [3.8, 4) is 0 Å². The Balaban J connectivity index is 5.94. The van der Waals surface area contributed by atoms with Gasteiger partial charge in [0, 0.05) is 14.1 Å². The molecule has 0 aromatic rings. The lowest BCUT2D eigenvalue weighted by molar-refractivity contribution is -0.175. The predicted octanol–water partition coefficient (Wildman–Crippen LogP) is 3.52. The molecule has 0 amide bonds. The molecular formula is C11H10F9NO3. The number of alkyl halides is 9. The van der Waals surface area contributed by atoms with Gasteiger partial charge in [-0.1, -0.05) is 0 Å². The normalized spacial score (nSPS) is 13.8. The van der Waals surface area contributed by atoms with Gasteiger partial charge in [-0.05, 0) is 0 Å². The second kappa shape index (κ2) is 7.21. The van der Waals surface area contributed by atoms with Crippen molar-refractivity contribution in [3.05, 3.63) is 23.3 Å². The standard InChI is InChI=1S/C11H10F9NO3/c1-21(2)7(23-3)6(11(18,19)20)8(22)24-4-5(9(12,13)14)10(15,16)17/h4H,1-3H3/b7-6+. The Kier molecular flexibility index (Phi) is 6.59. The average Bonchev–Trinajstić information content (AvgIpc) is 2.29. The van der Waals surface area contributed by atoms with Crippen LogP contribution in [0.5, 0.6) is 0 Å². The molecule has 140 valence electrons. The van der Waals surface area contributed by atoms with E-state index in [1.807, 2.05) is 0 Å². The molecule has 0 saturated heterocycles. The first kappa shape index (κ1) is 21.9. The number of halogens is 9. The number of methoxy groups -OCH3 is 1. The molecule has 0 aliphatic rings. The van der Waals surface area contributed by atoms with E-state index in [0.29, 0.717) is 12.0 Å². The van der Waals surface area contributed by atoms with Gasteiger partial charge >= 0.3 is 24.5 Å². The number of esters is 1. The van der Waals surface area contributed by atoms with Crippen LogP contribution in [0.25, 0.3) is 0 Å². The van der Waals surface area contributed by atoms with Crippen molar-refractivity contribution in [1.82, 2.24) is 4.90 Å². The summed E-state index contributed by atoms with van der Waals surface area (Å²) in [6.45, 7) is 0. The zero-order valence-electron chi connectivity index (χ0n) is 12.2. The quantitative estimate of drug-likeness (QED) is 0.326. The van der Waals surface area contributed by atoms with E-state index in [2.05, 4.69) is 9.47 Å². The lowest BCUT2D eigenvalue weighted by atomic mass is 10.2. The Morgan fingerprint density at radius 3 is 1.54 bits per heavy atom. The molecule has 0 bridgehead atoms. The minimum Gasteiger partial charge on any atom is -0.482 e. The Morgan fingerprint density at radius 1 is 0.875 bits per heavy atom. The fraction of sp³-hybridized carbons (Fsp3) is 0.545. The van der Waals surface area contributed by atoms with E-state index >= 15 is 0 Å². The molecule has 0 aliphatic heterocycles. The topological polar surface area (TPSA) is 38.8 Å². The molecule has 0 aromatic carbocycles.